The molecule has 6 aromatic carbocycles. The van der Waals surface area contributed by atoms with Gasteiger partial charge in [-0.05, 0) is 42.1 Å². The van der Waals surface area contributed by atoms with Gasteiger partial charge in [-0.25, -0.2) is 9.97 Å². The van der Waals surface area contributed by atoms with Crippen molar-refractivity contribution in [2.75, 3.05) is 0 Å². The summed E-state index contributed by atoms with van der Waals surface area (Å²) in [5.41, 5.74) is 7.34. The molecule has 9 aromatic rings. The van der Waals surface area contributed by atoms with E-state index in [2.05, 4.69) is 127 Å². The van der Waals surface area contributed by atoms with Crippen LogP contribution < -0.4 is 0 Å². The number of aryl methyl sites for hydroxylation is 1. The first-order chi connectivity index (χ1) is 20.3. The number of benzene rings is 6. The maximum Gasteiger partial charge on any atom is 0.165 e. The lowest BCUT2D eigenvalue weighted by Crippen LogP contribution is -2.04. The van der Waals surface area contributed by atoms with Crippen LogP contribution in [0.2, 0.25) is 0 Å². The summed E-state index contributed by atoms with van der Waals surface area (Å²) in [7, 11) is 0. The molecule has 0 saturated carbocycles. The first-order valence-electron chi connectivity index (χ1n) is 13.9. The van der Waals surface area contributed by atoms with E-state index in [1.165, 1.54) is 36.5 Å². The lowest BCUT2D eigenvalue weighted by molar-refractivity contribution is 1.08. The number of fused-ring (bicyclic) bond motifs is 10. The molecule has 0 fully saturated rings. The van der Waals surface area contributed by atoms with Gasteiger partial charge < -0.3 is 0 Å². The molecule has 0 aliphatic carbocycles. The van der Waals surface area contributed by atoms with E-state index in [0.717, 1.165) is 49.9 Å². The summed E-state index contributed by atoms with van der Waals surface area (Å²) in [6, 6.07) is 43.0. The fourth-order valence-electron chi connectivity index (χ4n) is 6.47. The van der Waals surface area contributed by atoms with Crippen LogP contribution >= 0.6 is 11.3 Å². The van der Waals surface area contributed by atoms with Crippen molar-refractivity contribution in [1.29, 1.82) is 0 Å². The zero-order valence-electron chi connectivity index (χ0n) is 22.3. The largest absolute Gasteiger partial charge is 0.292 e. The highest BCUT2D eigenvalue weighted by atomic mass is 32.1. The van der Waals surface area contributed by atoms with E-state index in [4.69, 9.17) is 9.97 Å². The number of rotatable bonds is 2. The van der Waals surface area contributed by atoms with E-state index >= 15 is 0 Å². The van der Waals surface area contributed by atoms with E-state index in [1.807, 2.05) is 17.4 Å². The third kappa shape index (κ3) is 3.19. The Morgan fingerprint density at radius 1 is 0.585 bits per heavy atom. The fourth-order valence-corrected chi connectivity index (χ4v) is 7.80. The SMILES string of the molecule is Cc1cccc2sc3c(ccc4c3c3ccccc3n4-c3nc4c(ccc5ccccc54)nc3-c3ccccc3)c12. The summed E-state index contributed by atoms with van der Waals surface area (Å²) in [6.45, 7) is 2.21. The Bertz CT molecular complexity index is 2490. The van der Waals surface area contributed by atoms with Gasteiger partial charge in [0.15, 0.2) is 5.82 Å². The average molecular weight is 542 g/mol. The molecule has 3 heterocycles. The van der Waals surface area contributed by atoms with Gasteiger partial charge in [0.05, 0.1) is 22.1 Å². The van der Waals surface area contributed by atoms with Crippen LogP contribution in [0.1, 0.15) is 5.56 Å². The van der Waals surface area contributed by atoms with Crippen molar-refractivity contribution in [3.05, 3.63) is 127 Å². The average Bonchev–Trinajstić information content (AvgIpc) is 3.57. The van der Waals surface area contributed by atoms with Gasteiger partial charge in [0.2, 0.25) is 0 Å². The molecule has 0 amide bonds. The number of hydrogen-bond donors (Lipinski definition) is 0. The molecule has 0 atom stereocenters. The summed E-state index contributed by atoms with van der Waals surface area (Å²) in [6.07, 6.45) is 0. The van der Waals surface area contributed by atoms with E-state index in [1.54, 1.807) is 0 Å². The van der Waals surface area contributed by atoms with Gasteiger partial charge in [-0.2, -0.15) is 0 Å². The molecule has 192 valence electrons. The number of aromatic nitrogens is 3. The van der Waals surface area contributed by atoms with Crippen LogP contribution in [0, 0.1) is 6.92 Å². The van der Waals surface area contributed by atoms with Crippen molar-refractivity contribution >= 4 is 75.1 Å². The molecule has 41 heavy (non-hydrogen) atoms. The number of para-hydroxylation sites is 1. The zero-order valence-corrected chi connectivity index (χ0v) is 23.1. The third-order valence-electron chi connectivity index (χ3n) is 8.31. The van der Waals surface area contributed by atoms with Gasteiger partial charge >= 0.3 is 0 Å². The Morgan fingerprint density at radius 3 is 2.29 bits per heavy atom. The molecule has 3 aromatic heterocycles. The van der Waals surface area contributed by atoms with Crippen LogP contribution in [-0.4, -0.2) is 14.5 Å². The van der Waals surface area contributed by atoms with Crippen LogP contribution in [0.25, 0.3) is 80.9 Å². The number of nitrogens with zero attached hydrogens (tertiary/aromatic N) is 3. The van der Waals surface area contributed by atoms with E-state index < -0.39 is 0 Å². The lowest BCUT2D eigenvalue weighted by Gasteiger charge is -2.14. The summed E-state index contributed by atoms with van der Waals surface area (Å²) in [5.74, 6) is 0.850. The van der Waals surface area contributed by atoms with Crippen LogP contribution in [-0.2, 0) is 0 Å². The second-order valence-electron chi connectivity index (χ2n) is 10.7. The Labute approximate surface area is 239 Å². The standard InChI is InChI=1S/C37H23N3S/c1-22-10-9-17-31-32(22)27-19-21-30-33(36(27)41-31)26-15-7-8-16-29(26)40(30)37-34(24-12-3-2-4-13-24)38-28-20-18-23-11-5-6-14-25(23)35(28)39-37/h2-21H,1H3. The molecule has 0 N–H and O–H groups in total. The van der Waals surface area contributed by atoms with Crippen LogP contribution in [0.5, 0.6) is 0 Å². The van der Waals surface area contributed by atoms with E-state index in [-0.39, 0.29) is 0 Å². The van der Waals surface area contributed by atoms with E-state index in [9.17, 15) is 0 Å². The molecular weight excluding hydrogens is 518 g/mol. The normalized spacial score (nSPS) is 12.0. The van der Waals surface area contributed by atoms with Gasteiger partial charge in [-0.3, -0.25) is 4.57 Å². The Kier molecular flexibility index (Phi) is 4.69. The van der Waals surface area contributed by atoms with Gasteiger partial charge in [0.25, 0.3) is 0 Å². The van der Waals surface area contributed by atoms with Gasteiger partial charge in [0, 0.05) is 41.9 Å². The van der Waals surface area contributed by atoms with Gasteiger partial charge in [0.1, 0.15) is 5.69 Å². The van der Waals surface area contributed by atoms with Gasteiger partial charge in [-0.1, -0.05) is 97.1 Å². The van der Waals surface area contributed by atoms with Gasteiger partial charge in [-0.15, -0.1) is 11.3 Å². The molecule has 0 aliphatic heterocycles. The van der Waals surface area contributed by atoms with Crippen LogP contribution in [0.4, 0.5) is 0 Å². The molecule has 4 heteroatoms. The van der Waals surface area contributed by atoms with Crippen molar-refractivity contribution in [3.8, 4) is 17.1 Å². The molecular formula is C37H23N3S. The van der Waals surface area contributed by atoms with Crippen LogP contribution in [0.3, 0.4) is 0 Å². The predicted octanol–water partition coefficient (Wildman–Crippen LogP) is 10.2. The molecule has 9 rings (SSSR count). The first kappa shape index (κ1) is 22.7. The van der Waals surface area contributed by atoms with Crippen molar-refractivity contribution < 1.29 is 0 Å². The highest BCUT2D eigenvalue weighted by Gasteiger charge is 2.22. The predicted molar refractivity (Wildman–Crippen MR) is 174 cm³/mol. The molecule has 0 aliphatic rings. The molecule has 0 bridgehead atoms. The fraction of sp³-hybridized carbons (Fsp3) is 0.0270. The van der Waals surface area contributed by atoms with Crippen molar-refractivity contribution in [3.63, 3.8) is 0 Å². The Morgan fingerprint density at radius 2 is 1.39 bits per heavy atom. The summed E-state index contributed by atoms with van der Waals surface area (Å²) >= 11 is 1.88. The maximum absolute atomic E-state index is 5.46. The molecule has 0 spiro atoms. The first-order valence-corrected chi connectivity index (χ1v) is 14.7. The minimum absolute atomic E-state index is 0.850. The third-order valence-corrected chi connectivity index (χ3v) is 9.50. The Hall–Kier alpha value is -5.06. The van der Waals surface area contributed by atoms with E-state index in [0.29, 0.717) is 0 Å². The second kappa shape index (κ2) is 8.47. The highest BCUT2D eigenvalue weighted by molar-refractivity contribution is 7.26. The highest BCUT2D eigenvalue weighted by Crippen LogP contribution is 2.44. The van der Waals surface area contributed by atoms with Crippen molar-refractivity contribution in [1.82, 2.24) is 14.5 Å². The minimum Gasteiger partial charge on any atom is -0.292 e. The minimum atomic E-state index is 0.850. The molecule has 0 saturated heterocycles. The summed E-state index contributed by atoms with van der Waals surface area (Å²) < 4.78 is 4.98. The molecule has 3 nitrogen and oxygen atoms in total. The molecule has 0 unspecified atom stereocenters. The maximum atomic E-state index is 5.46. The molecule has 0 radical (unpaired) electrons. The second-order valence-corrected chi connectivity index (χ2v) is 11.7. The Balaban J connectivity index is 1.48. The lowest BCUT2D eigenvalue weighted by atomic mass is 10.1. The number of thiophene rings is 1. The van der Waals surface area contributed by atoms with Crippen LogP contribution in [0.15, 0.2) is 121 Å². The monoisotopic (exact) mass is 541 g/mol. The van der Waals surface area contributed by atoms with Crippen molar-refractivity contribution in [2.45, 2.75) is 6.92 Å². The van der Waals surface area contributed by atoms with Crippen molar-refractivity contribution in [2.24, 2.45) is 0 Å². The quantitative estimate of drug-likeness (QED) is 0.204. The number of hydrogen-bond acceptors (Lipinski definition) is 3. The summed E-state index contributed by atoms with van der Waals surface area (Å²) in [4.78, 5) is 10.8. The smallest absolute Gasteiger partial charge is 0.165 e. The topological polar surface area (TPSA) is 30.7 Å². The zero-order chi connectivity index (χ0) is 27.1. The summed E-state index contributed by atoms with van der Waals surface area (Å²) in [5, 5.41) is 7.46.